The first kappa shape index (κ1) is 53.3. The summed E-state index contributed by atoms with van der Waals surface area (Å²) in [7, 11) is -0.675. The maximum absolute atomic E-state index is 2.63. The van der Waals surface area contributed by atoms with E-state index in [-0.39, 0.29) is 0 Å². The molecule has 0 atom stereocenters. The van der Waals surface area contributed by atoms with Crippen molar-refractivity contribution in [1.82, 2.24) is 4.57 Å². The van der Waals surface area contributed by atoms with Crippen LogP contribution in [0.25, 0.3) is 39.5 Å². The van der Waals surface area contributed by atoms with Gasteiger partial charge in [-0.15, -0.1) is 0 Å². The predicted octanol–water partition coefficient (Wildman–Crippen LogP) is 11.9. The molecule has 2 aromatic heterocycles. The molecule has 10 aromatic carbocycles. The smallest absolute Gasteiger partial charge is 0.294 e. The quantitative estimate of drug-likeness (QED) is 0.112. The fourth-order valence-electron chi connectivity index (χ4n) is 15.6. The van der Waals surface area contributed by atoms with Gasteiger partial charge in [0.25, 0.3) is 5.82 Å². The number of benzene rings is 10. The molecular formula is C79H71N5Si2+2. The number of anilines is 4. The summed E-state index contributed by atoms with van der Waals surface area (Å²) < 4.78 is 7.41. The van der Waals surface area contributed by atoms with Crippen LogP contribution in [0.3, 0.4) is 0 Å². The molecule has 0 radical (unpaired) electrons. The normalized spacial score (nSPS) is 14.2. The highest BCUT2D eigenvalue weighted by Gasteiger charge is 2.52. The number of rotatable bonds is 8. The van der Waals surface area contributed by atoms with Crippen LogP contribution in [0.1, 0.15) is 67.3 Å². The van der Waals surface area contributed by atoms with Crippen molar-refractivity contribution in [2.75, 3.05) is 23.9 Å². The van der Waals surface area contributed by atoms with Gasteiger partial charge in [0.1, 0.15) is 24.6 Å². The first-order valence-electron chi connectivity index (χ1n) is 30.7. The minimum absolute atomic E-state index is 0.428. The molecule has 0 saturated carbocycles. The standard InChI is InChI=1S/C41H40N3Si.C38H31N2Si/c1-28(2)32-19-14-20-33(29(3)4)39(32)44-26-25-43-27-35-34(41(43)44)23-24-38-40(35)42(5)36-21-12-13-22-37(36)45(38,30-15-8-6-9-16-30)31-17-10-7-11-18-31;1-27-24-35-31-22-23-37-38(33(31)26-40(35)25-32(27)28-14-6-3-7-15-28)39(2)34-20-12-13-21-36(34)41(37,29-16-8-4-9-17-29)30-18-10-5-11-19-30/h6-26,28-29H,27H2,1-5H3;3-25H,26H2,1-2H3/q2*+1. The molecule has 0 saturated heterocycles. The van der Waals surface area contributed by atoms with E-state index in [9.17, 15) is 0 Å². The summed E-state index contributed by atoms with van der Waals surface area (Å²) in [6.07, 6.45) is 6.94. The minimum Gasteiger partial charge on any atom is -0.344 e. The lowest BCUT2D eigenvalue weighted by Gasteiger charge is -2.44. The van der Waals surface area contributed by atoms with Crippen LogP contribution < -0.4 is 60.4 Å². The Bertz CT molecular complexity index is 4470. The Labute approximate surface area is 509 Å². The number of nitrogens with zero attached hydrogens (tertiary/aromatic N) is 5. The van der Waals surface area contributed by atoms with Crippen molar-refractivity contribution in [3.63, 3.8) is 0 Å². The van der Waals surface area contributed by atoms with Crippen molar-refractivity contribution in [3.05, 3.63) is 295 Å². The fraction of sp³-hybridized carbons (Fsp3) is 0.139. The number of aryl methyl sites for hydroxylation is 1. The molecule has 4 aliphatic rings. The minimum atomic E-state index is -2.63. The van der Waals surface area contributed by atoms with Gasteiger partial charge in [0.2, 0.25) is 5.69 Å². The van der Waals surface area contributed by atoms with Gasteiger partial charge in [-0.05, 0) is 95.6 Å². The molecule has 0 aliphatic carbocycles. The Morgan fingerprint density at radius 1 is 0.395 bits per heavy atom. The first-order valence-corrected chi connectivity index (χ1v) is 34.7. The lowest BCUT2D eigenvalue weighted by molar-refractivity contribution is -0.671. The summed E-state index contributed by atoms with van der Waals surface area (Å²) in [4.78, 5) is 4.96. The molecule has 0 unspecified atom stereocenters. The van der Waals surface area contributed by atoms with E-state index in [1.54, 1.807) is 0 Å². The van der Waals surface area contributed by atoms with Crippen molar-refractivity contribution >= 4 is 80.4 Å². The molecule has 0 bridgehead atoms. The van der Waals surface area contributed by atoms with Crippen LogP contribution in [0.5, 0.6) is 0 Å². The largest absolute Gasteiger partial charge is 0.344 e. The highest BCUT2D eigenvalue weighted by molar-refractivity contribution is 7.22. The molecule has 86 heavy (non-hydrogen) atoms. The van der Waals surface area contributed by atoms with Gasteiger partial charge < -0.3 is 9.80 Å². The second-order valence-electron chi connectivity index (χ2n) is 24.6. The Morgan fingerprint density at radius 2 is 0.814 bits per heavy atom. The molecule has 6 heterocycles. The van der Waals surface area contributed by atoms with Gasteiger partial charge in [0.05, 0.1) is 22.4 Å². The van der Waals surface area contributed by atoms with Crippen LogP contribution in [-0.2, 0) is 13.1 Å². The van der Waals surface area contributed by atoms with Crippen LogP contribution >= 0.6 is 0 Å². The highest BCUT2D eigenvalue weighted by Crippen LogP contribution is 2.44. The molecule has 7 heteroatoms. The van der Waals surface area contributed by atoms with E-state index in [1.807, 2.05) is 0 Å². The number of para-hydroxylation sites is 3. The van der Waals surface area contributed by atoms with Crippen LogP contribution in [0, 0.1) is 6.92 Å². The molecule has 0 N–H and O–H groups in total. The lowest BCUT2D eigenvalue weighted by Crippen LogP contribution is -2.77. The van der Waals surface area contributed by atoms with Gasteiger partial charge in [-0.1, -0.05) is 246 Å². The maximum atomic E-state index is 2.49. The molecule has 0 spiro atoms. The third kappa shape index (κ3) is 7.94. The number of fused-ring (bicyclic) bond motifs is 12. The third-order valence-corrected chi connectivity index (χ3v) is 29.0. The molecule has 16 rings (SSSR count). The summed E-state index contributed by atoms with van der Waals surface area (Å²) in [5.74, 6) is 2.14. The van der Waals surface area contributed by atoms with Gasteiger partial charge in [-0.2, -0.15) is 9.13 Å². The summed E-state index contributed by atoms with van der Waals surface area (Å²) in [5, 5.41) is 11.6. The Balaban J connectivity index is 0.000000146. The van der Waals surface area contributed by atoms with E-state index >= 15 is 0 Å². The average Bonchev–Trinajstić information content (AvgIpc) is 1.18. The van der Waals surface area contributed by atoms with Gasteiger partial charge in [-0.25, -0.2) is 4.57 Å². The van der Waals surface area contributed by atoms with E-state index < -0.39 is 16.1 Å². The lowest BCUT2D eigenvalue weighted by atomic mass is 9.92. The van der Waals surface area contributed by atoms with E-state index in [4.69, 9.17) is 0 Å². The molecule has 4 aliphatic heterocycles. The van der Waals surface area contributed by atoms with Crippen molar-refractivity contribution in [2.24, 2.45) is 0 Å². The average molecular weight is 1150 g/mol. The van der Waals surface area contributed by atoms with Crippen LogP contribution in [0.15, 0.2) is 267 Å². The molecule has 12 aromatic rings. The molecule has 0 amide bonds. The van der Waals surface area contributed by atoms with Crippen molar-refractivity contribution in [1.29, 1.82) is 0 Å². The van der Waals surface area contributed by atoms with Crippen LogP contribution in [0.4, 0.5) is 22.7 Å². The van der Waals surface area contributed by atoms with E-state index in [0.717, 1.165) is 13.1 Å². The number of aromatic nitrogens is 3. The summed E-state index contributed by atoms with van der Waals surface area (Å²) in [5.41, 5.74) is 20.2. The molecule has 0 fully saturated rings. The van der Waals surface area contributed by atoms with Crippen molar-refractivity contribution < 1.29 is 9.13 Å². The number of hydrogen-bond donors (Lipinski definition) is 0. The molecule has 5 nitrogen and oxygen atoms in total. The summed E-state index contributed by atoms with van der Waals surface area (Å²) in [6, 6.07) is 93.2. The number of pyridine rings is 1. The highest BCUT2D eigenvalue weighted by atomic mass is 28.3. The van der Waals surface area contributed by atoms with E-state index in [0.29, 0.717) is 11.8 Å². The van der Waals surface area contributed by atoms with Crippen molar-refractivity contribution in [3.8, 4) is 39.5 Å². The second-order valence-corrected chi connectivity index (χ2v) is 32.0. The zero-order valence-corrected chi connectivity index (χ0v) is 52.2. The molecule has 418 valence electrons. The number of hydrogen-bond acceptors (Lipinski definition) is 2. The van der Waals surface area contributed by atoms with E-state index in [1.165, 1.54) is 132 Å². The number of imidazole rings is 1. The van der Waals surface area contributed by atoms with Gasteiger partial charge in [-0.3, -0.25) is 0 Å². The Hall–Kier alpha value is -9.41. The second kappa shape index (κ2) is 21.0. The predicted molar refractivity (Wildman–Crippen MR) is 363 cm³/mol. The third-order valence-electron chi connectivity index (χ3n) is 19.3. The summed E-state index contributed by atoms with van der Waals surface area (Å²) >= 11 is 0. The van der Waals surface area contributed by atoms with Gasteiger partial charge in [0.15, 0.2) is 28.9 Å². The van der Waals surface area contributed by atoms with Gasteiger partial charge in [0, 0.05) is 59.5 Å². The summed E-state index contributed by atoms with van der Waals surface area (Å²) in [6.45, 7) is 13.2. The topological polar surface area (TPSA) is 19.2 Å². The van der Waals surface area contributed by atoms with Crippen LogP contribution in [0.2, 0.25) is 0 Å². The monoisotopic (exact) mass is 1150 g/mol. The zero-order valence-electron chi connectivity index (χ0n) is 50.2. The SMILES string of the molecule is CC(C)c1cccc(C(C)C)c1-n1cc[n+]2c1-c1ccc3c(c1C2)N(C)c1ccccc1[Si]3(c1ccccc1)c1ccccc1.Cc1cc2[n+](cc1-c1ccccc1)Cc1c-2ccc2c1N(C)c1ccccc1[Si]2(c1ccccc1)c1ccccc1. The van der Waals surface area contributed by atoms with E-state index in [2.05, 4.69) is 340 Å². The van der Waals surface area contributed by atoms with Crippen LogP contribution in [-0.4, -0.2) is 34.8 Å². The Kier molecular flexibility index (Phi) is 13.0. The fourth-order valence-corrected chi connectivity index (χ4v) is 26.0. The first-order chi connectivity index (χ1) is 42.1. The van der Waals surface area contributed by atoms with Crippen molar-refractivity contribution in [2.45, 2.75) is 59.5 Å². The zero-order chi connectivity index (χ0) is 58.4. The van der Waals surface area contributed by atoms with Gasteiger partial charge >= 0.3 is 0 Å². The Morgan fingerprint density at radius 3 is 1.29 bits per heavy atom. The maximum Gasteiger partial charge on any atom is 0.294 e. The molecular weight excluding hydrogens is 1080 g/mol.